The fraction of sp³-hybridized carbons (Fsp3) is 0.273. The van der Waals surface area contributed by atoms with E-state index in [1.54, 1.807) is 26.2 Å². The zero-order valence-corrected chi connectivity index (χ0v) is 8.73. The number of benzene rings is 1. The van der Waals surface area contributed by atoms with Gasteiger partial charge in [0.2, 0.25) is 5.91 Å². The fourth-order valence-corrected chi connectivity index (χ4v) is 1.75. The second-order valence-electron chi connectivity index (χ2n) is 3.69. The third-order valence-corrected chi connectivity index (χ3v) is 2.42. The van der Waals surface area contributed by atoms with Gasteiger partial charge in [-0.3, -0.25) is 9.59 Å². The molecule has 0 saturated carbocycles. The first kappa shape index (κ1) is 9.86. The fourth-order valence-electron chi connectivity index (χ4n) is 1.75. The molecule has 2 amide bonds. The Hall–Kier alpha value is -1.68. The number of imide groups is 1. The van der Waals surface area contributed by atoms with Crippen molar-refractivity contribution in [1.82, 2.24) is 10.0 Å². The molecule has 0 radical (unpaired) electrons. The molecule has 1 aromatic rings. The molecule has 15 heavy (non-hydrogen) atoms. The second kappa shape index (κ2) is 3.47. The number of fused-ring (bicyclic) bond motifs is 1. The number of hydrogen-bond donors (Lipinski definition) is 0. The highest BCUT2D eigenvalue weighted by Crippen LogP contribution is 2.19. The van der Waals surface area contributed by atoms with Gasteiger partial charge in [-0.15, -0.1) is 0 Å². The van der Waals surface area contributed by atoms with Crippen molar-refractivity contribution in [1.29, 1.82) is 0 Å². The van der Waals surface area contributed by atoms with E-state index in [4.69, 9.17) is 0 Å². The summed E-state index contributed by atoms with van der Waals surface area (Å²) in [5.74, 6) is -0.421. The summed E-state index contributed by atoms with van der Waals surface area (Å²) in [5.41, 5.74) is 1.43. The average Bonchev–Trinajstić information content (AvgIpc) is 2.17. The van der Waals surface area contributed by atoms with Crippen LogP contribution in [0.25, 0.3) is 0 Å². The predicted octanol–water partition coefficient (Wildman–Crippen LogP) is 0.688. The normalized spacial score (nSPS) is 15.8. The first-order chi connectivity index (χ1) is 7.11. The summed E-state index contributed by atoms with van der Waals surface area (Å²) in [6.45, 7) is 0. The third-order valence-electron chi connectivity index (χ3n) is 2.42. The van der Waals surface area contributed by atoms with Gasteiger partial charge in [-0.1, -0.05) is 18.2 Å². The minimum Gasteiger partial charge on any atom is -0.273 e. The van der Waals surface area contributed by atoms with Gasteiger partial charge in [-0.05, 0) is 11.6 Å². The van der Waals surface area contributed by atoms with Crippen molar-refractivity contribution in [3.05, 3.63) is 35.4 Å². The van der Waals surface area contributed by atoms with Crippen molar-refractivity contribution in [3.8, 4) is 0 Å². The Balaban J connectivity index is 2.48. The zero-order chi connectivity index (χ0) is 11.0. The molecule has 4 nitrogen and oxygen atoms in total. The molecule has 78 valence electrons. The van der Waals surface area contributed by atoms with Crippen LogP contribution in [0.5, 0.6) is 0 Å². The molecule has 2 rings (SSSR count). The molecule has 1 aliphatic heterocycles. The van der Waals surface area contributed by atoms with E-state index in [0.29, 0.717) is 12.0 Å². The maximum atomic E-state index is 11.9. The van der Waals surface area contributed by atoms with Crippen LogP contribution in [-0.2, 0) is 11.2 Å². The minimum absolute atomic E-state index is 0.177. The van der Waals surface area contributed by atoms with Crippen LogP contribution in [0.3, 0.4) is 0 Å². The van der Waals surface area contributed by atoms with Crippen LogP contribution in [0, 0.1) is 0 Å². The van der Waals surface area contributed by atoms with Gasteiger partial charge < -0.3 is 0 Å². The van der Waals surface area contributed by atoms with Crippen LogP contribution >= 0.6 is 0 Å². The Morgan fingerprint density at radius 1 is 1.20 bits per heavy atom. The van der Waals surface area contributed by atoms with E-state index in [2.05, 4.69) is 0 Å². The molecule has 0 unspecified atom stereocenters. The predicted molar refractivity (Wildman–Crippen MR) is 55.0 cm³/mol. The van der Waals surface area contributed by atoms with E-state index < -0.39 is 0 Å². The maximum absolute atomic E-state index is 11.9. The number of rotatable bonds is 1. The van der Waals surface area contributed by atoms with Crippen molar-refractivity contribution in [2.75, 3.05) is 14.1 Å². The highest BCUT2D eigenvalue weighted by molar-refractivity contribution is 6.09. The number of hydrazine groups is 1. The van der Waals surface area contributed by atoms with E-state index in [0.717, 1.165) is 5.56 Å². The van der Waals surface area contributed by atoms with Crippen LogP contribution in [0.4, 0.5) is 0 Å². The van der Waals surface area contributed by atoms with Gasteiger partial charge in [0.15, 0.2) is 0 Å². The Morgan fingerprint density at radius 2 is 1.87 bits per heavy atom. The zero-order valence-electron chi connectivity index (χ0n) is 8.73. The smallest absolute Gasteiger partial charge is 0.273 e. The molecule has 0 aliphatic carbocycles. The van der Waals surface area contributed by atoms with Gasteiger partial charge in [0.05, 0.1) is 6.42 Å². The van der Waals surface area contributed by atoms with E-state index in [1.807, 2.05) is 12.1 Å². The van der Waals surface area contributed by atoms with Crippen molar-refractivity contribution in [3.63, 3.8) is 0 Å². The van der Waals surface area contributed by atoms with Crippen molar-refractivity contribution in [2.24, 2.45) is 0 Å². The van der Waals surface area contributed by atoms with Crippen LogP contribution in [0.2, 0.25) is 0 Å². The van der Waals surface area contributed by atoms with Crippen LogP contribution in [0.15, 0.2) is 24.3 Å². The summed E-state index contributed by atoms with van der Waals surface area (Å²) in [7, 11) is 3.37. The molecule has 0 aromatic heterocycles. The number of nitrogens with zero attached hydrogens (tertiary/aromatic N) is 2. The summed E-state index contributed by atoms with van der Waals surface area (Å²) >= 11 is 0. The molecular weight excluding hydrogens is 192 g/mol. The summed E-state index contributed by atoms with van der Waals surface area (Å²) in [5, 5.41) is 2.68. The summed E-state index contributed by atoms with van der Waals surface area (Å²) in [6.07, 6.45) is 0.292. The van der Waals surface area contributed by atoms with Gasteiger partial charge >= 0.3 is 0 Å². The Labute approximate surface area is 88.1 Å². The lowest BCUT2D eigenvalue weighted by atomic mass is 10.00. The standard InChI is InChI=1S/C11H12N2O2/c1-12(2)13-10(14)7-8-5-3-4-6-9(8)11(13)15/h3-6H,7H2,1-2H3. The minimum atomic E-state index is -0.244. The molecule has 0 spiro atoms. The van der Waals surface area contributed by atoms with E-state index >= 15 is 0 Å². The SMILES string of the molecule is CN(C)N1C(=O)Cc2ccccc2C1=O. The van der Waals surface area contributed by atoms with Gasteiger partial charge in [0, 0.05) is 19.7 Å². The van der Waals surface area contributed by atoms with Crippen molar-refractivity contribution in [2.45, 2.75) is 6.42 Å². The largest absolute Gasteiger partial charge is 0.275 e. The molecule has 4 heteroatoms. The molecule has 1 aromatic carbocycles. The lowest BCUT2D eigenvalue weighted by Gasteiger charge is -2.31. The van der Waals surface area contributed by atoms with Crippen LogP contribution in [0.1, 0.15) is 15.9 Å². The van der Waals surface area contributed by atoms with Crippen LogP contribution in [-0.4, -0.2) is 35.9 Å². The van der Waals surface area contributed by atoms with E-state index in [-0.39, 0.29) is 11.8 Å². The maximum Gasteiger partial charge on any atom is 0.275 e. The van der Waals surface area contributed by atoms with Crippen molar-refractivity contribution >= 4 is 11.8 Å². The highest BCUT2D eigenvalue weighted by atomic mass is 16.2. The summed E-state index contributed by atoms with van der Waals surface area (Å²) in [6, 6.07) is 7.21. The quantitative estimate of drug-likeness (QED) is 0.632. The number of amides is 2. The van der Waals surface area contributed by atoms with Crippen molar-refractivity contribution < 1.29 is 9.59 Å². The first-order valence-corrected chi connectivity index (χ1v) is 4.73. The molecule has 0 N–H and O–H groups in total. The Bertz CT molecular complexity index is 426. The van der Waals surface area contributed by atoms with Crippen LogP contribution < -0.4 is 0 Å². The third kappa shape index (κ3) is 1.53. The number of carbonyl (C=O) groups excluding carboxylic acids is 2. The second-order valence-corrected chi connectivity index (χ2v) is 3.69. The molecule has 0 saturated heterocycles. The van der Waals surface area contributed by atoms with Gasteiger partial charge in [-0.2, -0.15) is 0 Å². The molecule has 1 aliphatic rings. The van der Waals surface area contributed by atoms with Gasteiger partial charge in [0.25, 0.3) is 5.91 Å². The summed E-state index contributed by atoms with van der Waals surface area (Å²) in [4.78, 5) is 23.6. The monoisotopic (exact) mass is 204 g/mol. The number of carbonyl (C=O) groups is 2. The lowest BCUT2D eigenvalue weighted by molar-refractivity contribution is -0.138. The topological polar surface area (TPSA) is 40.6 Å². The van der Waals surface area contributed by atoms with E-state index in [9.17, 15) is 9.59 Å². The average molecular weight is 204 g/mol. The van der Waals surface area contributed by atoms with Gasteiger partial charge in [-0.25, -0.2) is 10.0 Å². The highest BCUT2D eigenvalue weighted by Gasteiger charge is 2.31. The Morgan fingerprint density at radius 3 is 2.53 bits per heavy atom. The molecule has 0 fully saturated rings. The van der Waals surface area contributed by atoms with Gasteiger partial charge in [0.1, 0.15) is 0 Å². The molecular formula is C11H12N2O2. The molecule has 1 heterocycles. The number of hydrogen-bond acceptors (Lipinski definition) is 3. The summed E-state index contributed by atoms with van der Waals surface area (Å²) < 4.78 is 0. The Kier molecular flexibility index (Phi) is 2.28. The lowest BCUT2D eigenvalue weighted by Crippen LogP contribution is -2.49. The molecule has 0 bridgehead atoms. The van der Waals surface area contributed by atoms with E-state index in [1.165, 1.54) is 10.0 Å². The first-order valence-electron chi connectivity index (χ1n) is 4.73. The molecule has 0 atom stereocenters.